The van der Waals surface area contributed by atoms with Gasteiger partial charge >= 0.3 is 0 Å². The summed E-state index contributed by atoms with van der Waals surface area (Å²) in [5.74, 6) is 0.480. The minimum atomic E-state index is 0.480. The molecule has 0 bridgehead atoms. The molecule has 19 heavy (non-hydrogen) atoms. The number of thiol groups is 1. The molecular formula is C18H17S+. The summed E-state index contributed by atoms with van der Waals surface area (Å²) in [7, 11) is 0. The summed E-state index contributed by atoms with van der Waals surface area (Å²) in [4.78, 5) is 1.38. The number of hydrogen-bond acceptors (Lipinski definition) is 0. The fourth-order valence-corrected chi connectivity index (χ4v) is 3.69. The van der Waals surface area contributed by atoms with Gasteiger partial charge in [-0.15, -0.1) is 0 Å². The van der Waals surface area contributed by atoms with Crippen molar-refractivity contribution >= 4 is 11.8 Å². The highest BCUT2D eigenvalue weighted by molar-refractivity contribution is 7.79. The third-order valence-electron chi connectivity index (χ3n) is 3.34. The number of benzene rings is 2. The van der Waals surface area contributed by atoms with E-state index in [0.29, 0.717) is 11.2 Å². The lowest BCUT2D eigenvalue weighted by Crippen LogP contribution is -2.18. The summed E-state index contributed by atoms with van der Waals surface area (Å²) in [5, 5.41) is 0.523. The van der Waals surface area contributed by atoms with E-state index in [-0.39, 0.29) is 0 Å². The van der Waals surface area contributed by atoms with E-state index in [1.807, 2.05) is 0 Å². The molecule has 0 heterocycles. The summed E-state index contributed by atoms with van der Waals surface area (Å²) in [6.07, 6.45) is 8.97. The van der Waals surface area contributed by atoms with E-state index in [1.54, 1.807) is 0 Å². The Labute approximate surface area is 118 Å². The van der Waals surface area contributed by atoms with Crippen LogP contribution in [-0.4, -0.2) is 5.25 Å². The molecule has 2 aromatic carbocycles. The fourth-order valence-electron chi connectivity index (χ4n) is 2.39. The molecule has 3 rings (SSSR count). The molecule has 0 radical (unpaired) electrons. The van der Waals surface area contributed by atoms with Gasteiger partial charge in [0.15, 0.2) is 4.90 Å². The van der Waals surface area contributed by atoms with Crippen LogP contribution in [0.5, 0.6) is 0 Å². The number of hydrogen-bond donors (Lipinski definition) is 0. The topological polar surface area (TPSA) is 0 Å². The normalized spacial score (nSPS) is 21.5. The average molecular weight is 265 g/mol. The predicted octanol–water partition coefficient (Wildman–Crippen LogP) is 4.14. The van der Waals surface area contributed by atoms with Crippen LogP contribution in [0.1, 0.15) is 11.5 Å². The fraction of sp³-hybridized carbons (Fsp3) is 0.111. The molecule has 1 heteroatoms. The van der Waals surface area contributed by atoms with E-state index in [0.717, 1.165) is 0 Å². The van der Waals surface area contributed by atoms with Gasteiger partial charge in [-0.2, -0.15) is 0 Å². The van der Waals surface area contributed by atoms with Crippen LogP contribution in [0.3, 0.4) is 0 Å². The first-order chi connectivity index (χ1) is 9.43. The van der Waals surface area contributed by atoms with Crippen LogP contribution in [-0.2, 0) is 11.8 Å². The SMILES string of the molecule is C1=CC([SH+]c2ccccc2)C(c2ccccc2)C=C1. The van der Waals surface area contributed by atoms with E-state index in [2.05, 4.69) is 85.0 Å². The number of rotatable bonds is 3. The molecule has 2 unspecified atom stereocenters. The molecule has 0 spiro atoms. The van der Waals surface area contributed by atoms with Gasteiger partial charge in [-0.25, -0.2) is 0 Å². The molecule has 94 valence electrons. The van der Waals surface area contributed by atoms with Crippen molar-refractivity contribution in [1.29, 1.82) is 0 Å². The van der Waals surface area contributed by atoms with Gasteiger partial charge in [0.25, 0.3) is 0 Å². The first kappa shape index (κ1) is 12.3. The Hall–Kier alpha value is -1.73. The van der Waals surface area contributed by atoms with Crippen LogP contribution in [0, 0.1) is 0 Å². The van der Waals surface area contributed by atoms with E-state index >= 15 is 0 Å². The van der Waals surface area contributed by atoms with Gasteiger partial charge in [-0.3, -0.25) is 0 Å². The first-order valence-electron chi connectivity index (χ1n) is 6.59. The summed E-state index contributed by atoms with van der Waals surface area (Å²) >= 11 is 1.38. The zero-order valence-electron chi connectivity index (χ0n) is 10.7. The maximum atomic E-state index is 2.33. The van der Waals surface area contributed by atoms with Crippen molar-refractivity contribution in [1.82, 2.24) is 0 Å². The van der Waals surface area contributed by atoms with Gasteiger partial charge in [-0.05, 0) is 23.8 Å². The van der Waals surface area contributed by atoms with Crippen LogP contribution in [0.4, 0.5) is 0 Å². The van der Waals surface area contributed by atoms with E-state index in [1.165, 1.54) is 22.2 Å². The van der Waals surface area contributed by atoms with Gasteiger partial charge in [-0.1, -0.05) is 66.8 Å². The molecule has 0 amide bonds. The molecule has 0 fully saturated rings. The predicted molar refractivity (Wildman–Crippen MR) is 84.7 cm³/mol. The van der Waals surface area contributed by atoms with Crippen LogP contribution < -0.4 is 0 Å². The second kappa shape index (κ2) is 5.94. The van der Waals surface area contributed by atoms with Gasteiger partial charge < -0.3 is 0 Å². The molecule has 2 atom stereocenters. The molecule has 1 aliphatic carbocycles. The van der Waals surface area contributed by atoms with Crippen molar-refractivity contribution in [2.75, 3.05) is 0 Å². The second-order valence-electron chi connectivity index (χ2n) is 4.66. The lowest BCUT2D eigenvalue weighted by atomic mass is 9.92. The smallest absolute Gasteiger partial charge is 0.0717 e. The Kier molecular flexibility index (Phi) is 3.85. The molecule has 2 aromatic rings. The van der Waals surface area contributed by atoms with Gasteiger partial charge in [0.1, 0.15) is 5.25 Å². The van der Waals surface area contributed by atoms with Crippen molar-refractivity contribution in [3.05, 3.63) is 90.5 Å². The Morgan fingerprint density at radius 2 is 1.32 bits per heavy atom. The highest BCUT2D eigenvalue weighted by Crippen LogP contribution is 2.29. The van der Waals surface area contributed by atoms with Crippen LogP contribution in [0.2, 0.25) is 0 Å². The quantitative estimate of drug-likeness (QED) is 0.578. The Morgan fingerprint density at radius 3 is 2.05 bits per heavy atom. The van der Waals surface area contributed by atoms with Crippen molar-refractivity contribution < 1.29 is 0 Å². The lowest BCUT2D eigenvalue weighted by Gasteiger charge is -2.18. The summed E-state index contributed by atoms with van der Waals surface area (Å²) in [6, 6.07) is 21.5. The molecule has 0 aliphatic heterocycles. The zero-order valence-corrected chi connectivity index (χ0v) is 11.6. The van der Waals surface area contributed by atoms with Gasteiger partial charge in [0.05, 0.1) is 5.92 Å². The Morgan fingerprint density at radius 1 is 0.684 bits per heavy atom. The highest BCUT2D eigenvalue weighted by atomic mass is 32.2. The lowest BCUT2D eigenvalue weighted by molar-refractivity contribution is 0.868. The van der Waals surface area contributed by atoms with Crippen molar-refractivity contribution in [3.63, 3.8) is 0 Å². The van der Waals surface area contributed by atoms with Gasteiger partial charge in [0, 0.05) is 11.8 Å². The minimum absolute atomic E-state index is 0.480. The summed E-state index contributed by atoms with van der Waals surface area (Å²) < 4.78 is 0. The summed E-state index contributed by atoms with van der Waals surface area (Å²) in [6.45, 7) is 0. The molecule has 0 saturated carbocycles. The van der Waals surface area contributed by atoms with Gasteiger partial charge in [0.2, 0.25) is 0 Å². The third kappa shape index (κ3) is 2.99. The largest absolute Gasteiger partial charge is 0.153 e. The van der Waals surface area contributed by atoms with Crippen molar-refractivity contribution in [3.8, 4) is 0 Å². The Balaban J connectivity index is 1.83. The second-order valence-corrected chi connectivity index (χ2v) is 6.03. The molecule has 0 aromatic heterocycles. The van der Waals surface area contributed by atoms with Crippen LogP contribution in [0.25, 0.3) is 0 Å². The number of allylic oxidation sites excluding steroid dienone is 3. The molecule has 0 saturated heterocycles. The van der Waals surface area contributed by atoms with Crippen LogP contribution in [0.15, 0.2) is 89.9 Å². The monoisotopic (exact) mass is 265 g/mol. The van der Waals surface area contributed by atoms with Crippen molar-refractivity contribution in [2.45, 2.75) is 16.1 Å². The zero-order chi connectivity index (χ0) is 12.9. The maximum absolute atomic E-state index is 2.33. The molecule has 0 N–H and O–H groups in total. The molecule has 0 nitrogen and oxygen atoms in total. The molecule has 1 aliphatic rings. The van der Waals surface area contributed by atoms with Crippen LogP contribution >= 0.6 is 0 Å². The van der Waals surface area contributed by atoms with Crippen molar-refractivity contribution in [2.24, 2.45) is 0 Å². The minimum Gasteiger partial charge on any atom is -0.0717 e. The highest BCUT2D eigenvalue weighted by Gasteiger charge is 2.27. The average Bonchev–Trinajstić information content (AvgIpc) is 2.50. The first-order valence-corrected chi connectivity index (χ1v) is 7.56. The summed E-state index contributed by atoms with van der Waals surface area (Å²) in [5.41, 5.74) is 1.40. The third-order valence-corrected chi connectivity index (χ3v) is 4.73. The molecular weight excluding hydrogens is 248 g/mol. The van der Waals surface area contributed by atoms with E-state index in [9.17, 15) is 0 Å². The standard InChI is InChI=1S/C18H16S/c1-3-9-15(10-4-1)17-13-7-8-14-18(17)19-16-11-5-2-6-12-16/h1-14,17-18H/p+1. The van der Waals surface area contributed by atoms with E-state index < -0.39 is 0 Å². The Bertz CT molecular complexity index is 569. The maximum Gasteiger partial charge on any atom is 0.153 e. The van der Waals surface area contributed by atoms with E-state index in [4.69, 9.17) is 0 Å².